The van der Waals surface area contributed by atoms with Crippen LogP contribution in [0.5, 0.6) is 0 Å². The first-order chi connectivity index (χ1) is 14.3. The number of benzene rings is 1. The number of nitrogens with two attached hydrogens (primary N) is 1. The highest BCUT2D eigenvalue weighted by Gasteiger charge is 2.68. The van der Waals surface area contributed by atoms with Gasteiger partial charge in [0.2, 0.25) is 5.91 Å². The Hall–Kier alpha value is -1.12. The second kappa shape index (κ2) is 9.40. The number of halogens is 1. The van der Waals surface area contributed by atoms with Gasteiger partial charge in [-0.05, 0) is 42.6 Å². The molecule has 1 aromatic rings. The smallest absolute Gasteiger partial charge is 0.405 e. The topological polar surface area (TPSA) is 80.0 Å². The first kappa shape index (κ1) is 24.5. The average molecular weight is 452 g/mol. The van der Waals surface area contributed by atoms with Gasteiger partial charge in [-0.15, -0.1) is 12.4 Å². The Bertz CT molecular complexity index is 766. The number of rotatable bonds is 9. The van der Waals surface area contributed by atoms with Crippen LogP contribution in [0.15, 0.2) is 30.3 Å². The molecule has 172 valence electrons. The normalized spacial score (nSPS) is 32.4. The molecule has 5 rings (SSSR count). The van der Waals surface area contributed by atoms with Crippen LogP contribution in [-0.4, -0.2) is 45.1 Å². The highest BCUT2D eigenvalue weighted by Crippen LogP contribution is 2.66. The third-order valence-electron chi connectivity index (χ3n) is 7.97. The Kier molecular flexibility index (Phi) is 7.44. The van der Waals surface area contributed by atoms with E-state index in [9.17, 15) is 4.79 Å². The molecular formula is C23H35BClNO5. The fourth-order valence-electron chi connectivity index (χ4n) is 5.95. The van der Waals surface area contributed by atoms with Crippen molar-refractivity contribution >= 4 is 25.4 Å². The molecule has 0 radical (unpaired) electrons. The molecule has 2 N–H and O–H groups in total. The largest absolute Gasteiger partial charge is 0.464 e. The highest BCUT2D eigenvalue weighted by molar-refractivity contribution is 6.48. The zero-order valence-electron chi connectivity index (χ0n) is 18.9. The average Bonchev–Trinajstić information content (AvgIpc) is 3.07. The lowest BCUT2D eigenvalue weighted by atomic mass is 9.43. The van der Waals surface area contributed by atoms with Crippen LogP contribution in [-0.2, 0) is 30.2 Å². The van der Waals surface area contributed by atoms with Gasteiger partial charge in [0.05, 0.1) is 30.8 Å². The predicted octanol–water partition coefficient (Wildman–Crippen LogP) is 3.47. The third-order valence-corrected chi connectivity index (χ3v) is 7.97. The Morgan fingerprint density at radius 2 is 1.94 bits per heavy atom. The summed E-state index contributed by atoms with van der Waals surface area (Å²) in [5.74, 6) is -0.154. The minimum atomic E-state index is -0.539. The predicted molar refractivity (Wildman–Crippen MR) is 122 cm³/mol. The molecule has 1 aromatic carbocycles. The lowest BCUT2D eigenvalue weighted by Gasteiger charge is -2.64. The van der Waals surface area contributed by atoms with Crippen molar-refractivity contribution in [1.29, 1.82) is 0 Å². The van der Waals surface area contributed by atoms with E-state index in [1.807, 2.05) is 30.3 Å². The van der Waals surface area contributed by atoms with Crippen molar-refractivity contribution < 1.29 is 23.6 Å². The van der Waals surface area contributed by atoms with Gasteiger partial charge in [-0.3, -0.25) is 4.79 Å². The van der Waals surface area contributed by atoms with Crippen molar-refractivity contribution in [3.05, 3.63) is 35.9 Å². The van der Waals surface area contributed by atoms with Crippen LogP contribution in [0, 0.1) is 23.2 Å². The second-order valence-electron chi connectivity index (χ2n) is 9.97. The van der Waals surface area contributed by atoms with E-state index in [-0.39, 0.29) is 42.0 Å². The van der Waals surface area contributed by atoms with E-state index < -0.39 is 18.9 Å². The molecule has 31 heavy (non-hydrogen) atoms. The molecule has 2 bridgehead atoms. The summed E-state index contributed by atoms with van der Waals surface area (Å²) in [6, 6.07) is 9.97. The number of carbonyl (C=O) groups is 1. The summed E-state index contributed by atoms with van der Waals surface area (Å²) in [6.07, 6.45) is 2.23. The van der Waals surface area contributed by atoms with Gasteiger partial charge in [-0.2, -0.15) is 0 Å². The zero-order chi connectivity index (χ0) is 21.5. The summed E-state index contributed by atoms with van der Waals surface area (Å²) in [4.78, 5) is 12.3. The van der Waals surface area contributed by atoms with Crippen LogP contribution in [0.1, 0.15) is 39.2 Å². The van der Waals surface area contributed by atoms with E-state index in [1.54, 1.807) is 7.11 Å². The van der Waals surface area contributed by atoms with Crippen molar-refractivity contribution in [3.63, 3.8) is 0 Å². The summed E-state index contributed by atoms with van der Waals surface area (Å²) in [5, 5.41) is 0. The molecule has 1 unspecified atom stereocenters. The Balaban J connectivity index is 0.00000272. The first-order valence-electron chi connectivity index (χ1n) is 11.0. The molecule has 3 saturated carbocycles. The monoisotopic (exact) mass is 451 g/mol. The van der Waals surface area contributed by atoms with E-state index >= 15 is 0 Å². The van der Waals surface area contributed by atoms with Gasteiger partial charge < -0.3 is 24.5 Å². The zero-order valence-corrected chi connectivity index (χ0v) is 19.7. The lowest BCUT2D eigenvalue weighted by molar-refractivity contribution is -0.199. The summed E-state index contributed by atoms with van der Waals surface area (Å²) < 4.78 is 24.4. The second-order valence-corrected chi connectivity index (χ2v) is 9.97. The number of ether oxygens (including phenoxy) is 2. The van der Waals surface area contributed by atoms with Crippen LogP contribution in [0.4, 0.5) is 0 Å². The molecule has 3 aliphatic carbocycles. The van der Waals surface area contributed by atoms with E-state index in [2.05, 4.69) is 20.8 Å². The van der Waals surface area contributed by atoms with Gasteiger partial charge in [-0.25, -0.2) is 0 Å². The highest BCUT2D eigenvalue weighted by atomic mass is 35.5. The molecular weight excluding hydrogens is 417 g/mol. The van der Waals surface area contributed by atoms with Crippen LogP contribution < -0.4 is 5.73 Å². The number of carbonyl (C=O) groups excluding carboxylic acids is 1. The molecule has 0 aromatic heterocycles. The van der Waals surface area contributed by atoms with Crippen LogP contribution in [0.3, 0.4) is 0 Å². The van der Waals surface area contributed by atoms with Gasteiger partial charge in [0.25, 0.3) is 0 Å². The maximum atomic E-state index is 12.3. The Morgan fingerprint density at radius 1 is 1.23 bits per heavy atom. The molecule has 1 saturated heterocycles. The fourth-order valence-corrected chi connectivity index (χ4v) is 5.95. The molecule has 1 heterocycles. The Labute approximate surface area is 192 Å². The standard InChI is InChI=1S/C23H34BNO5.ClH/c1-22(2)16-10-19(22)23(3)20(11-16)29-24(30-23)18(17(13-27-4)21(25)26)14-28-12-15-8-6-5-7-9-15;/h5-9,16-20H,10-14H2,1-4H3,(H2,25,26);1H/t16-,17?,18-,19-,20+,23-;/m0./s1. The van der Waals surface area contributed by atoms with Gasteiger partial charge in [0, 0.05) is 19.5 Å². The molecule has 6 nitrogen and oxygen atoms in total. The summed E-state index contributed by atoms with van der Waals surface area (Å²) in [6.45, 7) is 7.84. The van der Waals surface area contributed by atoms with E-state index in [0.29, 0.717) is 25.0 Å². The molecule has 8 heteroatoms. The van der Waals surface area contributed by atoms with Crippen molar-refractivity contribution in [3.8, 4) is 0 Å². The van der Waals surface area contributed by atoms with Gasteiger partial charge in [0.15, 0.2) is 0 Å². The first-order valence-corrected chi connectivity index (χ1v) is 11.0. The summed E-state index contributed by atoms with van der Waals surface area (Å²) in [5.41, 5.74) is 6.75. The maximum absolute atomic E-state index is 12.3. The minimum absolute atomic E-state index is 0. The maximum Gasteiger partial charge on any atom is 0.464 e. The van der Waals surface area contributed by atoms with E-state index in [0.717, 1.165) is 12.0 Å². The van der Waals surface area contributed by atoms with Gasteiger partial charge in [-0.1, -0.05) is 44.2 Å². The molecule has 1 amide bonds. The van der Waals surface area contributed by atoms with Gasteiger partial charge in [0.1, 0.15) is 0 Å². The molecule has 4 fully saturated rings. The number of hydrogen-bond acceptors (Lipinski definition) is 5. The molecule has 4 aliphatic rings. The number of methoxy groups -OCH3 is 1. The van der Waals surface area contributed by atoms with E-state index in [1.165, 1.54) is 6.42 Å². The third kappa shape index (κ3) is 4.40. The van der Waals surface area contributed by atoms with Gasteiger partial charge >= 0.3 is 7.12 Å². The number of amides is 1. The molecule has 0 spiro atoms. The van der Waals surface area contributed by atoms with Crippen LogP contribution >= 0.6 is 12.4 Å². The van der Waals surface area contributed by atoms with Crippen LogP contribution in [0.25, 0.3) is 0 Å². The summed E-state index contributed by atoms with van der Waals surface area (Å²) in [7, 11) is 1.05. The fraction of sp³-hybridized carbons (Fsp3) is 0.696. The van der Waals surface area contributed by atoms with Crippen LogP contribution in [0.2, 0.25) is 5.82 Å². The van der Waals surface area contributed by atoms with Crippen molar-refractivity contribution in [2.45, 2.75) is 57.7 Å². The SMILES string of the molecule is COCC(C(N)=O)[C@H](COCc1ccccc1)B1O[C@@H]2C[C@@H]3C[C@@H](C3(C)C)[C@]2(C)O1.Cl. The number of hydrogen-bond donors (Lipinski definition) is 1. The number of primary amides is 1. The molecule has 1 aliphatic heterocycles. The van der Waals surface area contributed by atoms with Crippen molar-refractivity contribution in [1.82, 2.24) is 0 Å². The van der Waals surface area contributed by atoms with Crippen molar-refractivity contribution in [2.75, 3.05) is 20.3 Å². The molecule has 6 atom stereocenters. The van der Waals surface area contributed by atoms with E-state index in [4.69, 9.17) is 24.5 Å². The van der Waals surface area contributed by atoms with Crippen molar-refractivity contribution in [2.24, 2.45) is 28.9 Å². The minimum Gasteiger partial charge on any atom is -0.405 e. The summed E-state index contributed by atoms with van der Waals surface area (Å²) >= 11 is 0. The quantitative estimate of drug-likeness (QED) is 0.582. The lowest BCUT2D eigenvalue weighted by Crippen LogP contribution is -2.65. The Morgan fingerprint density at radius 3 is 2.55 bits per heavy atom.